The number of halogens is 1. The molecule has 2 aromatic carbocycles. The van der Waals surface area contributed by atoms with Gasteiger partial charge in [0.25, 0.3) is 5.22 Å². The van der Waals surface area contributed by atoms with Crippen LogP contribution < -0.4 is 5.32 Å². The molecule has 1 aromatic heterocycles. The number of phenolic OH excluding ortho intramolecular Hbond substituents is 1. The van der Waals surface area contributed by atoms with Crippen LogP contribution in [0, 0.1) is 0 Å². The van der Waals surface area contributed by atoms with E-state index in [0.717, 1.165) is 0 Å². The van der Waals surface area contributed by atoms with Gasteiger partial charge in [0.1, 0.15) is 11.3 Å². The van der Waals surface area contributed by atoms with E-state index in [0.29, 0.717) is 39.2 Å². The molecule has 3 aromatic rings. The minimum absolute atomic E-state index is 0.113. The molecule has 1 amide bonds. The Bertz CT molecular complexity index is 850. The number of nitrogens with zero attached hydrogens (tertiary/aromatic N) is 1. The fourth-order valence-electron chi connectivity index (χ4n) is 1.98. The Kier molecular flexibility index (Phi) is 4.73. The Morgan fingerprint density at radius 3 is 3.00 bits per heavy atom. The van der Waals surface area contributed by atoms with E-state index < -0.39 is 0 Å². The predicted molar refractivity (Wildman–Crippen MR) is 91.1 cm³/mol. The molecule has 0 saturated heterocycles. The zero-order valence-electron chi connectivity index (χ0n) is 12.0. The molecule has 0 aliphatic carbocycles. The van der Waals surface area contributed by atoms with Crippen molar-refractivity contribution >= 4 is 46.1 Å². The SMILES string of the molecule is O=C(CCSc1nc2cc(Cl)ccc2o1)Nc1cccc(O)c1. The lowest BCUT2D eigenvalue weighted by molar-refractivity contribution is -0.115. The number of carbonyl (C=O) groups excluding carboxylic acids is 1. The zero-order chi connectivity index (χ0) is 16.2. The van der Waals surface area contributed by atoms with Gasteiger partial charge in [-0.2, -0.15) is 0 Å². The third-order valence-corrected chi connectivity index (χ3v) is 4.08. The van der Waals surface area contributed by atoms with Crippen LogP contribution in [0.15, 0.2) is 52.1 Å². The third-order valence-electron chi connectivity index (χ3n) is 3.01. The number of rotatable bonds is 5. The molecule has 0 bridgehead atoms. The minimum atomic E-state index is -0.137. The molecule has 0 aliphatic rings. The number of hydrogen-bond donors (Lipinski definition) is 2. The average molecular weight is 349 g/mol. The Morgan fingerprint density at radius 2 is 2.17 bits per heavy atom. The van der Waals surface area contributed by atoms with Crippen molar-refractivity contribution in [3.05, 3.63) is 47.5 Å². The van der Waals surface area contributed by atoms with Crippen molar-refractivity contribution in [1.82, 2.24) is 4.98 Å². The zero-order valence-corrected chi connectivity index (χ0v) is 13.5. The van der Waals surface area contributed by atoms with Gasteiger partial charge in [0.2, 0.25) is 5.91 Å². The highest BCUT2D eigenvalue weighted by Crippen LogP contribution is 2.26. The van der Waals surface area contributed by atoms with E-state index in [4.69, 9.17) is 16.0 Å². The number of aromatic hydroxyl groups is 1. The third kappa shape index (κ3) is 4.18. The van der Waals surface area contributed by atoms with Crippen LogP contribution >= 0.6 is 23.4 Å². The van der Waals surface area contributed by atoms with E-state index in [1.165, 1.54) is 17.8 Å². The molecule has 0 fully saturated rings. The quantitative estimate of drug-likeness (QED) is 0.672. The van der Waals surface area contributed by atoms with Crippen molar-refractivity contribution in [2.45, 2.75) is 11.6 Å². The lowest BCUT2D eigenvalue weighted by atomic mass is 10.3. The number of oxazole rings is 1. The Hall–Kier alpha value is -2.18. The molecule has 1 heterocycles. The van der Waals surface area contributed by atoms with Gasteiger partial charge in [-0.15, -0.1) is 0 Å². The molecule has 0 atom stereocenters. The lowest BCUT2D eigenvalue weighted by Gasteiger charge is -2.04. The van der Waals surface area contributed by atoms with Crippen molar-refractivity contribution in [2.24, 2.45) is 0 Å². The molecule has 23 heavy (non-hydrogen) atoms. The number of amides is 1. The summed E-state index contributed by atoms with van der Waals surface area (Å²) in [5.41, 5.74) is 1.93. The van der Waals surface area contributed by atoms with E-state index in [9.17, 15) is 9.90 Å². The number of phenols is 1. The van der Waals surface area contributed by atoms with Gasteiger partial charge >= 0.3 is 0 Å². The van der Waals surface area contributed by atoms with Gasteiger partial charge < -0.3 is 14.8 Å². The number of thioether (sulfide) groups is 1. The summed E-state index contributed by atoms with van der Waals surface area (Å²) in [6.45, 7) is 0. The van der Waals surface area contributed by atoms with Crippen LogP contribution in [-0.2, 0) is 4.79 Å². The summed E-state index contributed by atoms with van der Waals surface area (Å²) in [5, 5.41) is 13.2. The highest BCUT2D eigenvalue weighted by Gasteiger charge is 2.09. The van der Waals surface area contributed by atoms with Crippen molar-refractivity contribution < 1.29 is 14.3 Å². The van der Waals surface area contributed by atoms with Crippen LogP contribution in [0.5, 0.6) is 5.75 Å². The summed E-state index contributed by atoms with van der Waals surface area (Å²) in [7, 11) is 0. The summed E-state index contributed by atoms with van der Waals surface area (Å²) in [5.74, 6) is 0.509. The van der Waals surface area contributed by atoms with Crippen LogP contribution in [0.1, 0.15) is 6.42 Å². The van der Waals surface area contributed by atoms with Gasteiger partial charge in [-0.25, -0.2) is 4.98 Å². The van der Waals surface area contributed by atoms with Crippen molar-refractivity contribution in [3.8, 4) is 5.75 Å². The smallest absolute Gasteiger partial charge is 0.256 e. The second-order valence-electron chi connectivity index (χ2n) is 4.79. The second-order valence-corrected chi connectivity index (χ2v) is 6.27. The molecule has 5 nitrogen and oxygen atoms in total. The summed E-state index contributed by atoms with van der Waals surface area (Å²) < 4.78 is 5.57. The van der Waals surface area contributed by atoms with Crippen molar-refractivity contribution in [2.75, 3.05) is 11.1 Å². The average Bonchev–Trinajstić information content (AvgIpc) is 2.89. The Balaban J connectivity index is 1.52. The van der Waals surface area contributed by atoms with Gasteiger partial charge in [-0.3, -0.25) is 4.79 Å². The van der Waals surface area contributed by atoms with E-state index in [-0.39, 0.29) is 11.7 Å². The number of anilines is 1. The van der Waals surface area contributed by atoms with Gasteiger partial charge in [0.05, 0.1) is 0 Å². The van der Waals surface area contributed by atoms with Crippen LogP contribution in [0.4, 0.5) is 5.69 Å². The number of fused-ring (bicyclic) bond motifs is 1. The topological polar surface area (TPSA) is 75.4 Å². The van der Waals surface area contributed by atoms with E-state index >= 15 is 0 Å². The first-order valence-electron chi connectivity index (χ1n) is 6.88. The normalized spacial score (nSPS) is 10.8. The Labute approximate surface area is 141 Å². The molecule has 0 spiro atoms. The maximum Gasteiger partial charge on any atom is 0.256 e. The molecule has 3 rings (SSSR count). The van der Waals surface area contributed by atoms with E-state index in [1.54, 1.807) is 36.4 Å². The summed E-state index contributed by atoms with van der Waals surface area (Å²) in [6.07, 6.45) is 0.305. The molecular weight excluding hydrogens is 336 g/mol. The predicted octanol–water partition coefficient (Wildman–Crippen LogP) is 4.31. The maximum absolute atomic E-state index is 11.9. The van der Waals surface area contributed by atoms with Crippen molar-refractivity contribution in [1.29, 1.82) is 0 Å². The van der Waals surface area contributed by atoms with Crippen molar-refractivity contribution in [3.63, 3.8) is 0 Å². The monoisotopic (exact) mass is 348 g/mol. The first-order valence-corrected chi connectivity index (χ1v) is 8.24. The summed E-state index contributed by atoms with van der Waals surface area (Å²) in [6, 6.07) is 11.7. The lowest BCUT2D eigenvalue weighted by Crippen LogP contribution is -2.11. The van der Waals surface area contributed by atoms with E-state index in [1.807, 2.05) is 0 Å². The number of benzene rings is 2. The number of nitrogens with one attached hydrogen (secondary N) is 1. The molecule has 0 saturated carbocycles. The Morgan fingerprint density at radius 1 is 1.30 bits per heavy atom. The molecule has 0 unspecified atom stereocenters. The molecule has 0 aliphatic heterocycles. The van der Waals surface area contributed by atoms with Gasteiger partial charge in [0.15, 0.2) is 5.58 Å². The fourth-order valence-corrected chi connectivity index (χ4v) is 2.92. The molecular formula is C16H13ClN2O3S. The highest BCUT2D eigenvalue weighted by molar-refractivity contribution is 7.99. The molecule has 7 heteroatoms. The van der Waals surface area contributed by atoms with Gasteiger partial charge in [0, 0.05) is 29.0 Å². The van der Waals surface area contributed by atoms with Crippen LogP contribution in [0.3, 0.4) is 0 Å². The second kappa shape index (κ2) is 6.93. The van der Waals surface area contributed by atoms with Crippen LogP contribution in [-0.4, -0.2) is 21.8 Å². The molecule has 2 N–H and O–H groups in total. The minimum Gasteiger partial charge on any atom is -0.508 e. The maximum atomic E-state index is 11.9. The summed E-state index contributed by atoms with van der Waals surface area (Å²) in [4.78, 5) is 16.2. The standard InChI is InChI=1S/C16H13ClN2O3S/c17-10-4-5-14-13(8-10)19-16(22-14)23-7-6-15(21)18-11-2-1-3-12(20)9-11/h1-5,8-9,20H,6-7H2,(H,18,21). The fraction of sp³-hybridized carbons (Fsp3) is 0.125. The largest absolute Gasteiger partial charge is 0.508 e. The summed E-state index contributed by atoms with van der Waals surface area (Å²) >= 11 is 7.27. The highest BCUT2D eigenvalue weighted by atomic mass is 35.5. The molecule has 118 valence electrons. The van der Waals surface area contributed by atoms with Crippen LogP contribution in [0.25, 0.3) is 11.1 Å². The first-order chi connectivity index (χ1) is 11.1. The number of carbonyl (C=O) groups is 1. The van der Waals surface area contributed by atoms with Gasteiger partial charge in [-0.05, 0) is 30.3 Å². The van der Waals surface area contributed by atoms with E-state index in [2.05, 4.69) is 10.3 Å². The van der Waals surface area contributed by atoms with Gasteiger partial charge in [-0.1, -0.05) is 29.4 Å². The number of aromatic nitrogens is 1. The van der Waals surface area contributed by atoms with Crippen LogP contribution in [0.2, 0.25) is 5.02 Å². The molecule has 0 radical (unpaired) electrons. The number of hydrogen-bond acceptors (Lipinski definition) is 5. The first kappa shape index (κ1) is 15.7.